The number of amides is 2. The normalized spacial score (nSPS) is 11.9. The molecular formula is C21H23ClF3N3O4S. The predicted molar refractivity (Wildman–Crippen MR) is 121 cm³/mol. The summed E-state index contributed by atoms with van der Waals surface area (Å²) < 4.78 is 64.6. The molecule has 0 aromatic heterocycles. The molecule has 12 heteroatoms. The second-order valence-corrected chi connectivity index (χ2v) is 9.94. The first-order chi connectivity index (χ1) is 15.2. The third-order valence-corrected chi connectivity index (χ3v) is 5.82. The van der Waals surface area contributed by atoms with Crippen LogP contribution in [0.1, 0.15) is 29.8 Å². The third-order valence-electron chi connectivity index (χ3n) is 4.35. The van der Waals surface area contributed by atoms with E-state index in [1.54, 1.807) is 12.1 Å². The van der Waals surface area contributed by atoms with Gasteiger partial charge in [0.2, 0.25) is 15.9 Å². The molecule has 2 rings (SSSR count). The number of hydrogen-bond donors (Lipinski definition) is 2. The molecule has 2 N–H and O–H groups in total. The Hall–Kier alpha value is -2.79. The van der Waals surface area contributed by atoms with Crippen LogP contribution in [0, 0.1) is 5.92 Å². The number of anilines is 2. The third kappa shape index (κ3) is 7.36. The summed E-state index contributed by atoms with van der Waals surface area (Å²) >= 11 is 5.60. The van der Waals surface area contributed by atoms with Gasteiger partial charge in [0.05, 0.1) is 33.8 Å². The number of sulfonamides is 1. The molecule has 0 aliphatic carbocycles. The lowest BCUT2D eigenvalue weighted by atomic mass is 10.1. The Morgan fingerprint density at radius 1 is 1.12 bits per heavy atom. The molecule has 2 aromatic rings. The summed E-state index contributed by atoms with van der Waals surface area (Å²) in [6.45, 7) is 3.41. The van der Waals surface area contributed by atoms with Crippen LogP contribution in [0.2, 0.25) is 5.02 Å². The number of benzene rings is 2. The minimum Gasteiger partial charge on any atom is -0.352 e. The van der Waals surface area contributed by atoms with E-state index in [1.165, 1.54) is 12.1 Å². The van der Waals surface area contributed by atoms with E-state index in [1.807, 2.05) is 13.8 Å². The second-order valence-electron chi connectivity index (χ2n) is 7.63. The first kappa shape index (κ1) is 26.5. The van der Waals surface area contributed by atoms with Crippen molar-refractivity contribution in [2.75, 3.05) is 29.0 Å². The summed E-state index contributed by atoms with van der Waals surface area (Å²) in [5.74, 6) is -1.10. The number of para-hydroxylation sites is 1. The van der Waals surface area contributed by atoms with Gasteiger partial charge in [0, 0.05) is 6.54 Å². The first-order valence-electron chi connectivity index (χ1n) is 9.71. The molecule has 0 aliphatic rings. The molecule has 0 saturated heterocycles. The van der Waals surface area contributed by atoms with E-state index in [9.17, 15) is 31.2 Å². The van der Waals surface area contributed by atoms with E-state index in [-0.39, 0.29) is 22.9 Å². The van der Waals surface area contributed by atoms with Gasteiger partial charge in [0.1, 0.15) is 6.54 Å². The summed E-state index contributed by atoms with van der Waals surface area (Å²) in [4.78, 5) is 25.1. The fraction of sp³-hybridized carbons (Fsp3) is 0.333. The van der Waals surface area contributed by atoms with Crippen LogP contribution in [-0.4, -0.2) is 39.6 Å². The van der Waals surface area contributed by atoms with Crippen molar-refractivity contribution in [1.82, 2.24) is 5.32 Å². The predicted octanol–water partition coefficient (Wildman–Crippen LogP) is 4.15. The number of carbonyl (C=O) groups excluding carboxylic acids is 2. The van der Waals surface area contributed by atoms with E-state index in [0.717, 1.165) is 18.4 Å². The Morgan fingerprint density at radius 3 is 2.33 bits per heavy atom. The van der Waals surface area contributed by atoms with E-state index in [4.69, 9.17) is 11.6 Å². The van der Waals surface area contributed by atoms with Crippen LogP contribution in [0.15, 0.2) is 42.5 Å². The van der Waals surface area contributed by atoms with Crippen LogP contribution < -0.4 is 14.9 Å². The van der Waals surface area contributed by atoms with Gasteiger partial charge in [-0.05, 0) is 36.2 Å². The smallest absolute Gasteiger partial charge is 0.352 e. The van der Waals surface area contributed by atoms with Gasteiger partial charge < -0.3 is 10.6 Å². The van der Waals surface area contributed by atoms with Gasteiger partial charge >= 0.3 is 6.18 Å². The minimum atomic E-state index is -4.82. The van der Waals surface area contributed by atoms with Crippen molar-refractivity contribution >= 4 is 44.8 Å². The first-order valence-corrected chi connectivity index (χ1v) is 11.9. The van der Waals surface area contributed by atoms with Crippen LogP contribution in [0.4, 0.5) is 24.5 Å². The van der Waals surface area contributed by atoms with Crippen LogP contribution >= 0.6 is 11.6 Å². The van der Waals surface area contributed by atoms with Gasteiger partial charge in [0.15, 0.2) is 0 Å². The van der Waals surface area contributed by atoms with Crippen molar-refractivity contribution in [3.05, 3.63) is 58.6 Å². The molecule has 0 radical (unpaired) electrons. The summed E-state index contributed by atoms with van der Waals surface area (Å²) in [5, 5.41) is 4.56. The average Bonchev–Trinajstić information content (AvgIpc) is 2.69. The van der Waals surface area contributed by atoms with Crippen molar-refractivity contribution < 1.29 is 31.2 Å². The fourth-order valence-electron chi connectivity index (χ4n) is 2.79. The van der Waals surface area contributed by atoms with Crippen LogP contribution in [0.25, 0.3) is 0 Å². The highest BCUT2D eigenvalue weighted by Gasteiger charge is 2.34. The molecule has 0 saturated carbocycles. The Kier molecular flexibility index (Phi) is 8.36. The molecule has 180 valence electrons. The summed E-state index contributed by atoms with van der Waals surface area (Å²) in [6.07, 6.45) is -4.06. The van der Waals surface area contributed by atoms with E-state index in [2.05, 4.69) is 10.6 Å². The topological polar surface area (TPSA) is 95.6 Å². The molecule has 0 atom stereocenters. The summed E-state index contributed by atoms with van der Waals surface area (Å²) in [6, 6.07) is 8.63. The van der Waals surface area contributed by atoms with Gasteiger partial charge in [-0.1, -0.05) is 37.6 Å². The maximum absolute atomic E-state index is 13.2. The number of rotatable bonds is 8. The maximum Gasteiger partial charge on any atom is 0.417 e. The molecule has 33 heavy (non-hydrogen) atoms. The quantitative estimate of drug-likeness (QED) is 0.563. The number of carbonyl (C=O) groups is 2. The average molecular weight is 506 g/mol. The molecular weight excluding hydrogens is 483 g/mol. The van der Waals surface area contributed by atoms with E-state index in [0.29, 0.717) is 16.9 Å². The minimum absolute atomic E-state index is 0.129. The second kappa shape index (κ2) is 10.4. The SMILES string of the molecule is CC(C)CNC(=O)c1ccccc1NC(=O)CN(c1ccc(Cl)c(C(F)(F)F)c1)S(C)(=O)=O. The fourth-order valence-corrected chi connectivity index (χ4v) is 3.86. The Bertz CT molecular complexity index is 1140. The number of hydrogen-bond acceptors (Lipinski definition) is 4. The van der Waals surface area contributed by atoms with Crippen molar-refractivity contribution in [2.24, 2.45) is 5.92 Å². The molecule has 7 nitrogen and oxygen atoms in total. The van der Waals surface area contributed by atoms with Crippen molar-refractivity contribution in [3.8, 4) is 0 Å². The van der Waals surface area contributed by atoms with Gasteiger partial charge in [-0.25, -0.2) is 8.42 Å². The monoisotopic (exact) mass is 505 g/mol. The molecule has 0 aliphatic heterocycles. The lowest BCUT2D eigenvalue weighted by Gasteiger charge is -2.23. The Balaban J connectivity index is 2.30. The summed E-state index contributed by atoms with van der Waals surface area (Å²) in [7, 11) is -4.14. The van der Waals surface area contributed by atoms with Gasteiger partial charge in [-0.15, -0.1) is 0 Å². The largest absolute Gasteiger partial charge is 0.417 e. The highest BCUT2D eigenvalue weighted by atomic mass is 35.5. The molecule has 0 heterocycles. The summed E-state index contributed by atoms with van der Waals surface area (Å²) in [5.41, 5.74) is -1.33. The zero-order valence-corrected chi connectivity index (χ0v) is 19.6. The zero-order valence-electron chi connectivity index (χ0n) is 18.0. The van der Waals surface area contributed by atoms with Crippen LogP contribution in [0.5, 0.6) is 0 Å². The standard InChI is InChI=1S/C21H23ClF3N3O4S/c1-13(2)11-26-20(30)15-6-4-5-7-18(15)27-19(29)12-28(33(3,31)32)14-8-9-17(22)16(10-14)21(23,24)25/h4-10,13H,11-12H2,1-3H3,(H,26,30)(H,27,29). The number of nitrogens with one attached hydrogen (secondary N) is 2. The number of alkyl halides is 3. The van der Waals surface area contributed by atoms with Crippen LogP contribution in [0.3, 0.4) is 0 Å². The number of nitrogens with zero attached hydrogens (tertiary/aromatic N) is 1. The zero-order chi connectivity index (χ0) is 25.0. The molecule has 0 unspecified atom stereocenters. The Morgan fingerprint density at radius 2 is 1.76 bits per heavy atom. The lowest BCUT2D eigenvalue weighted by Crippen LogP contribution is -2.38. The van der Waals surface area contributed by atoms with Crippen molar-refractivity contribution in [3.63, 3.8) is 0 Å². The van der Waals surface area contributed by atoms with E-state index >= 15 is 0 Å². The van der Waals surface area contributed by atoms with Gasteiger partial charge in [0.25, 0.3) is 5.91 Å². The number of halogens is 4. The van der Waals surface area contributed by atoms with Crippen molar-refractivity contribution in [1.29, 1.82) is 0 Å². The molecule has 0 bridgehead atoms. The molecule has 2 amide bonds. The lowest BCUT2D eigenvalue weighted by molar-refractivity contribution is -0.137. The maximum atomic E-state index is 13.2. The molecule has 2 aromatic carbocycles. The van der Waals surface area contributed by atoms with Gasteiger partial charge in [-0.3, -0.25) is 13.9 Å². The van der Waals surface area contributed by atoms with E-state index < -0.39 is 45.1 Å². The highest BCUT2D eigenvalue weighted by Crippen LogP contribution is 2.37. The van der Waals surface area contributed by atoms with Crippen LogP contribution in [-0.2, 0) is 21.0 Å². The Labute approximate surface area is 195 Å². The molecule has 0 spiro atoms. The van der Waals surface area contributed by atoms with Crippen molar-refractivity contribution in [2.45, 2.75) is 20.0 Å². The van der Waals surface area contributed by atoms with Gasteiger partial charge in [-0.2, -0.15) is 13.2 Å². The molecule has 0 fully saturated rings. The highest BCUT2D eigenvalue weighted by molar-refractivity contribution is 7.92.